The Hall–Kier alpha value is -2.43. The Bertz CT molecular complexity index is 800. The minimum absolute atomic E-state index is 0.0155. The van der Waals surface area contributed by atoms with E-state index in [0.29, 0.717) is 6.54 Å². The predicted octanol–water partition coefficient (Wildman–Crippen LogP) is 4.88. The number of para-hydroxylation sites is 1. The summed E-state index contributed by atoms with van der Waals surface area (Å²) in [5, 5.41) is 5.15. The van der Waals surface area contributed by atoms with Gasteiger partial charge in [0, 0.05) is 22.7 Å². The Kier molecular flexibility index (Phi) is 5.99. The van der Waals surface area contributed by atoms with E-state index in [9.17, 15) is 4.79 Å². The van der Waals surface area contributed by atoms with Crippen molar-refractivity contribution in [1.29, 1.82) is 0 Å². The maximum atomic E-state index is 12.5. The summed E-state index contributed by atoms with van der Waals surface area (Å²) in [5.41, 5.74) is 2.99. The number of rotatable bonds is 7. The van der Waals surface area contributed by atoms with E-state index >= 15 is 0 Å². The predicted molar refractivity (Wildman–Crippen MR) is 106 cm³/mol. The topological polar surface area (TPSA) is 32.3 Å². The molecular formula is C21H22N2OS. The van der Waals surface area contributed by atoms with Crippen LogP contribution in [0.15, 0.2) is 72.1 Å². The van der Waals surface area contributed by atoms with E-state index in [0.717, 1.165) is 29.9 Å². The maximum Gasteiger partial charge on any atom is 0.238 e. The smallest absolute Gasteiger partial charge is 0.238 e. The van der Waals surface area contributed by atoms with Crippen molar-refractivity contribution in [2.45, 2.75) is 13.5 Å². The van der Waals surface area contributed by atoms with Crippen LogP contribution in [0.4, 0.5) is 5.69 Å². The van der Waals surface area contributed by atoms with Gasteiger partial charge in [0.1, 0.15) is 0 Å². The van der Waals surface area contributed by atoms with Crippen molar-refractivity contribution in [3.63, 3.8) is 0 Å². The summed E-state index contributed by atoms with van der Waals surface area (Å²) < 4.78 is 0. The number of hydrogen-bond acceptors (Lipinski definition) is 3. The van der Waals surface area contributed by atoms with Crippen LogP contribution in [0.5, 0.6) is 0 Å². The molecule has 1 amide bonds. The Balaban J connectivity index is 1.69. The van der Waals surface area contributed by atoms with Crippen molar-refractivity contribution in [2.24, 2.45) is 0 Å². The number of likely N-dealkylation sites (N-methyl/N-ethyl adjacent to an activating group) is 1. The highest BCUT2D eigenvalue weighted by Gasteiger charge is 2.12. The molecular weight excluding hydrogens is 328 g/mol. The summed E-state index contributed by atoms with van der Waals surface area (Å²) in [6.07, 6.45) is 0. The van der Waals surface area contributed by atoms with Gasteiger partial charge in [-0.15, -0.1) is 11.3 Å². The van der Waals surface area contributed by atoms with Crippen LogP contribution in [0.25, 0.3) is 11.1 Å². The molecule has 4 heteroatoms. The summed E-state index contributed by atoms with van der Waals surface area (Å²) in [5.74, 6) is 0.0155. The van der Waals surface area contributed by atoms with Gasteiger partial charge >= 0.3 is 0 Å². The van der Waals surface area contributed by atoms with Crippen molar-refractivity contribution >= 4 is 22.9 Å². The van der Waals surface area contributed by atoms with Crippen LogP contribution in [-0.2, 0) is 11.3 Å². The largest absolute Gasteiger partial charge is 0.324 e. The number of benzene rings is 2. The maximum absolute atomic E-state index is 12.5. The molecule has 0 unspecified atom stereocenters. The average Bonchev–Trinajstić information content (AvgIpc) is 3.15. The van der Waals surface area contributed by atoms with Gasteiger partial charge in [-0.2, -0.15) is 0 Å². The molecule has 1 heterocycles. The molecule has 0 saturated carbocycles. The van der Waals surface area contributed by atoms with Crippen molar-refractivity contribution in [3.8, 4) is 11.1 Å². The highest BCUT2D eigenvalue weighted by molar-refractivity contribution is 7.09. The molecule has 0 saturated heterocycles. The fraction of sp³-hybridized carbons (Fsp3) is 0.190. The van der Waals surface area contributed by atoms with E-state index in [1.54, 1.807) is 11.3 Å². The molecule has 0 aliphatic carbocycles. The van der Waals surface area contributed by atoms with Gasteiger partial charge in [0.15, 0.2) is 0 Å². The number of amides is 1. The second-order valence-corrected chi connectivity index (χ2v) is 6.87. The first-order valence-corrected chi connectivity index (χ1v) is 9.33. The lowest BCUT2D eigenvalue weighted by Gasteiger charge is -2.19. The molecule has 3 rings (SSSR count). The van der Waals surface area contributed by atoms with Gasteiger partial charge in [-0.05, 0) is 29.6 Å². The van der Waals surface area contributed by atoms with Crippen LogP contribution in [0.3, 0.4) is 0 Å². The molecule has 3 aromatic rings. The minimum atomic E-state index is 0.0155. The minimum Gasteiger partial charge on any atom is -0.324 e. The Morgan fingerprint density at radius 1 is 1.00 bits per heavy atom. The van der Waals surface area contributed by atoms with Crippen LogP contribution in [-0.4, -0.2) is 23.9 Å². The number of carbonyl (C=O) groups excluding carboxylic acids is 1. The summed E-state index contributed by atoms with van der Waals surface area (Å²) in [6.45, 7) is 4.11. The number of nitrogens with one attached hydrogen (secondary N) is 1. The fourth-order valence-corrected chi connectivity index (χ4v) is 3.50. The van der Waals surface area contributed by atoms with E-state index in [1.807, 2.05) is 48.5 Å². The molecule has 0 fully saturated rings. The summed E-state index contributed by atoms with van der Waals surface area (Å²) >= 11 is 1.72. The summed E-state index contributed by atoms with van der Waals surface area (Å²) in [4.78, 5) is 16.0. The number of carbonyl (C=O) groups is 1. The number of hydrogen-bond donors (Lipinski definition) is 1. The van der Waals surface area contributed by atoms with Crippen LogP contribution in [0.1, 0.15) is 11.8 Å². The monoisotopic (exact) mass is 350 g/mol. The molecule has 0 spiro atoms. The van der Waals surface area contributed by atoms with Crippen molar-refractivity contribution < 1.29 is 4.79 Å². The number of thiophene rings is 1. The Morgan fingerprint density at radius 3 is 2.48 bits per heavy atom. The molecule has 1 aromatic heterocycles. The molecule has 0 aliphatic heterocycles. The fourth-order valence-electron chi connectivity index (χ4n) is 2.76. The lowest BCUT2D eigenvalue weighted by atomic mass is 10.0. The zero-order chi connectivity index (χ0) is 17.5. The van der Waals surface area contributed by atoms with Crippen LogP contribution < -0.4 is 5.32 Å². The summed E-state index contributed by atoms with van der Waals surface area (Å²) in [6, 6.07) is 22.2. The highest BCUT2D eigenvalue weighted by atomic mass is 32.1. The van der Waals surface area contributed by atoms with Gasteiger partial charge in [0.05, 0.1) is 6.54 Å². The number of nitrogens with zero attached hydrogens (tertiary/aromatic N) is 1. The quantitative estimate of drug-likeness (QED) is 0.659. The molecule has 0 atom stereocenters. The van der Waals surface area contributed by atoms with E-state index in [-0.39, 0.29) is 5.91 Å². The zero-order valence-electron chi connectivity index (χ0n) is 14.3. The van der Waals surface area contributed by atoms with Gasteiger partial charge in [-0.3, -0.25) is 9.69 Å². The molecule has 0 radical (unpaired) electrons. The van der Waals surface area contributed by atoms with Gasteiger partial charge in [0.25, 0.3) is 0 Å². The van der Waals surface area contributed by atoms with E-state index < -0.39 is 0 Å². The zero-order valence-corrected chi connectivity index (χ0v) is 15.1. The third-order valence-corrected chi connectivity index (χ3v) is 4.92. The third-order valence-electron chi connectivity index (χ3n) is 4.06. The SMILES string of the molecule is CCN(CC(=O)Nc1ccccc1-c1ccccc1)Cc1cccs1. The molecule has 3 nitrogen and oxygen atoms in total. The van der Waals surface area contributed by atoms with Gasteiger partial charge in [-0.25, -0.2) is 0 Å². The highest BCUT2D eigenvalue weighted by Crippen LogP contribution is 2.27. The van der Waals surface area contributed by atoms with Gasteiger partial charge in [-0.1, -0.05) is 61.5 Å². The Labute approximate surface area is 152 Å². The lowest BCUT2D eigenvalue weighted by Crippen LogP contribution is -2.32. The Morgan fingerprint density at radius 2 is 1.76 bits per heavy atom. The molecule has 25 heavy (non-hydrogen) atoms. The molecule has 1 N–H and O–H groups in total. The van der Waals surface area contributed by atoms with E-state index in [4.69, 9.17) is 0 Å². The normalized spacial score (nSPS) is 10.8. The van der Waals surface area contributed by atoms with Crippen LogP contribution in [0.2, 0.25) is 0 Å². The van der Waals surface area contributed by atoms with Crippen molar-refractivity contribution in [1.82, 2.24) is 4.90 Å². The molecule has 0 aliphatic rings. The number of anilines is 1. The third kappa shape index (κ3) is 4.78. The van der Waals surface area contributed by atoms with Crippen LogP contribution >= 0.6 is 11.3 Å². The van der Waals surface area contributed by atoms with E-state index in [2.05, 4.69) is 40.7 Å². The van der Waals surface area contributed by atoms with E-state index in [1.165, 1.54) is 4.88 Å². The summed E-state index contributed by atoms with van der Waals surface area (Å²) in [7, 11) is 0. The standard InChI is InChI=1S/C21H22N2OS/c1-2-23(15-18-11-8-14-25-18)16-21(24)22-20-13-7-6-12-19(20)17-9-4-3-5-10-17/h3-14H,2,15-16H2,1H3,(H,22,24). The molecule has 128 valence electrons. The first kappa shape index (κ1) is 17.4. The lowest BCUT2D eigenvalue weighted by molar-refractivity contribution is -0.117. The van der Waals surface area contributed by atoms with Crippen molar-refractivity contribution in [2.75, 3.05) is 18.4 Å². The van der Waals surface area contributed by atoms with Crippen molar-refractivity contribution in [3.05, 3.63) is 77.0 Å². The molecule has 0 bridgehead atoms. The average molecular weight is 350 g/mol. The second-order valence-electron chi connectivity index (χ2n) is 5.84. The first-order valence-electron chi connectivity index (χ1n) is 8.45. The molecule has 2 aromatic carbocycles. The van der Waals surface area contributed by atoms with Gasteiger partial charge in [0.2, 0.25) is 5.91 Å². The first-order chi connectivity index (χ1) is 12.3. The second kappa shape index (κ2) is 8.60. The van der Waals surface area contributed by atoms with Gasteiger partial charge < -0.3 is 5.32 Å². The van der Waals surface area contributed by atoms with Crippen LogP contribution in [0, 0.1) is 0 Å².